The van der Waals surface area contributed by atoms with Crippen molar-refractivity contribution in [3.8, 4) is 11.8 Å². The van der Waals surface area contributed by atoms with Crippen LogP contribution in [-0.2, 0) is 4.79 Å². The zero-order chi connectivity index (χ0) is 11.3. The molecular formula is C11H9BrClNO. The van der Waals surface area contributed by atoms with Crippen molar-refractivity contribution in [2.45, 2.75) is 6.92 Å². The highest BCUT2D eigenvalue weighted by Crippen LogP contribution is 2.20. The summed E-state index contributed by atoms with van der Waals surface area (Å²) in [4.78, 5) is 10.6. The van der Waals surface area contributed by atoms with Gasteiger partial charge in [0.25, 0.3) is 0 Å². The van der Waals surface area contributed by atoms with Crippen LogP contribution in [0.2, 0.25) is 5.02 Å². The minimum atomic E-state index is -0.0915. The van der Waals surface area contributed by atoms with Crippen molar-refractivity contribution < 1.29 is 4.79 Å². The summed E-state index contributed by atoms with van der Waals surface area (Å²) in [5, 5.41) is 3.18. The van der Waals surface area contributed by atoms with Crippen LogP contribution in [0, 0.1) is 11.8 Å². The summed E-state index contributed by atoms with van der Waals surface area (Å²) in [5.41, 5.74) is 0.755. The van der Waals surface area contributed by atoms with Crippen molar-refractivity contribution in [2.24, 2.45) is 0 Å². The molecule has 0 aromatic heterocycles. The number of rotatable bonds is 1. The zero-order valence-electron chi connectivity index (χ0n) is 8.10. The van der Waals surface area contributed by atoms with Crippen LogP contribution in [0.5, 0.6) is 0 Å². The number of hydrogen-bond acceptors (Lipinski definition) is 1. The van der Waals surface area contributed by atoms with Gasteiger partial charge in [-0.3, -0.25) is 4.79 Å². The summed E-state index contributed by atoms with van der Waals surface area (Å²) in [5.74, 6) is 5.60. The maximum Gasteiger partial charge on any atom is 0.217 e. The Kier molecular flexibility index (Phi) is 4.67. The second-order valence-electron chi connectivity index (χ2n) is 2.84. The van der Waals surface area contributed by atoms with Gasteiger partial charge in [-0.25, -0.2) is 0 Å². The molecule has 0 heterocycles. The molecule has 1 aromatic carbocycles. The second-order valence-corrected chi connectivity index (χ2v) is 4.16. The molecule has 0 spiro atoms. The summed E-state index contributed by atoms with van der Waals surface area (Å²) in [6.45, 7) is 1.79. The molecule has 1 amide bonds. The molecule has 78 valence electrons. The Morgan fingerprint density at radius 1 is 1.60 bits per heavy atom. The minimum absolute atomic E-state index is 0.0915. The lowest BCUT2D eigenvalue weighted by atomic mass is 10.2. The van der Waals surface area contributed by atoms with Crippen molar-refractivity contribution in [1.82, 2.24) is 5.32 Å². The van der Waals surface area contributed by atoms with Gasteiger partial charge in [0.1, 0.15) is 0 Å². The van der Waals surface area contributed by atoms with Gasteiger partial charge in [-0.2, -0.15) is 0 Å². The molecule has 4 heteroatoms. The third kappa shape index (κ3) is 4.37. The van der Waals surface area contributed by atoms with Crippen LogP contribution >= 0.6 is 27.5 Å². The van der Waals surface area contributed by atoms with E-state index in [0.717, 1.165) is 10.0 Å². The van der Waals surface area contributed by atoms with Crippen molar-refractivity contribution in [1.29, 1.82) is 0 Å². The van der Waals surface area contributed by atoms with Gasteiger partial charge in [0, 0.05) is 17.0 Å². The second kappa shape index (κ2) is 5.79. The van der Waals surface area contributed by atoms with Gasteiger partial charge >= 0.3 is 0 Å². The van der Waals surface area contributed by atoms with Crippen molar-refractivity contribution in [3.05, 3.63) is 33.3 Å². The summed E-state index contributed by atoms with van der Waals surface area (Å²) in [7, 11) is 0. The third-order valence-corrected chi connectivity index (χ3v) is 2.39. The van der Waals surface area contributed by atoms with E-state index in [0.29, 0.717) is 11.6 Å². The molecule has 0 saturated carbocycles. The Balaban J connectivity index is 2.67. The lowest BCUT2D eigenvalue weighted by Gasteiger charge is -1.96. The van der Waals surface area contributed by atoms with E-state index in [1.165, 1.54) is 6.92 Å². The van der Waals surface area contributed by atoms with Gasteiger partial charge in [0.2, 0.25) is 5.91 Å². The van der Waals surface area contributed by atoms with Crippen LogP contribution in [0.1, 0.15) is 12.5 Å². The van der Waals surface area contributed by atoms with Crippen LogP contribution in [0.15, 0.2) is 22.7 Å². The first-order valence-electron chi connectivity index (χ1n) is 4.28. The molecule has 1 rings (SSSR count). The van der Waals surface area contributed by atoms with Gasteiger partial charge in [-0.15, -0.1) is 0 Å². The SMILES string of the molecule is CC(=O)NCC#Cc1ccc(Br)cc1Cl. The molecule has 0 aliphatic carbocycles. The smallest absolute Gasteiger partial charge is 0.217 e. The highest BCUT2D eigenvalue weighted by Gasteiger charge is 1.96. The molecular weight excluding hydrogens is 277 g/mol. The van der Waals surface area contributed by atoms with E-state index in [4.69, 9.17) is 11.6 Å². The average molecular weight is 287 g/mol. The molecule has 0 radical (unpaired) electrons. The molecule has 0 atom stereocenters. The minimum Gasteiger partial charge on any atom is -0.345 e. The number of carbonyl (C=O) groups is 1. The number of benzene rings is 1. The predicted octanol–water partition coefficient (Wildman–Crippen LogP) is 2.59. The molecule has 0 bridgehead atoms. The number of carbonyl (C=O) groups excluding carboxylic acids is 1. The fourth-order valence-corrected chi connectivity index (χ4v) is 1.62. The van der Waals surface area contributed by atoms with Crippen LogP contribution < -0.4 is 5.32 Å². The number of nitrogens with one attached hydrogen (secondary N) is 1. The summed E-state index contributed by atoms with van der Waals surface area (Å²) in [6.07, 6.45) is 0. The normalized spacial score (nSPS) is 9.00. The molecule has 2 nitrogen and oxygen atoms in total. The van der Waals surface area contributed by atoms with E-state index >= 15 is 0 Å². The van der Waals surface area contributed by atoms with Gasteiger partial charge in [0.15, 0.2) is 0 Å². The third-order valence-electron chi connectivity index (χ3n) is 1.58. The molecule has 1 aromatic rings. The van der Waals surface area contributed by atoms with Crippen molar-refractivity contribution in [2.75, 3.05) is 6.54 Å². The van der Waals surface area contributed by atoms with E-state index < -0.39 is 0 Å². The molecule has 0 saturated heterocycles. The average Bonchev–Trinajstić information content (AvgIpc) is 2.14. The Labute approximate surface area is 102 Å². The maximum absolute atomic E-state index is 10.6. The molecule has 0 aliphatic rings. The highest BCUT2D eigenvalue weighted by atomic mass is 79.9. The largest absolute Gasteiger partial charge is 0.345 e. The zero-order valence-corrected chi connectivity index (χ0v) is 10.4. The van der Waals surface area contributed by atoms with Crippen LogP contribution in [-0.4, -0.2) is 12.5 Å². The Hall–Kier alpha value is -0.980. The topological polar surface area (TPSA) is 29.1 Å². The van der Waals surface area contributed by atoms with Crippen molar-refractivity contribution >= 4 is 33.4 Å². The Bertz CT molecular complexity index is 434. The molecule has 0 fully saturated rings. The first-order chi connectivity index (χ1) is 7.09. The lowest BCUT2D eigenvalue weighted by Crippen LogP contribution is -2.19. The number of halogens is 2. The van der Waals surface area contributed by atoms with Gasteiger partial charge in [-0.05, 0) is 18.2 Å². The quantitative estimate of drug-likeness (QED) is 0.790. The molecule has 0 aliphatic heterocycles. The van der Waals surface area contributed by atoms with Crippen LogP contribution in [0.4, 0.5) is 0 Å². The predicted molar refractivity (Wildman–Crippen MR) is 64.7 cm³/mol. The molecule has 15 heavy (non-hydrogen) atoms. The summed E-state index contributed by atoms with van der Waals surface area (Å²) >= 11 is 9.26. The summed E-state index contributed by atoms with van der Waals surface area (Å²) in [6, 6.07) is 5.48. The maximum atomic E-state index is 10.6. The Morgan fingerprint density at radius 3 is 2.93 bits per heavy atom. The van der Waals surface area contributed by atoms with Crippen molar-refractivity contribution in [3.63, 3.8) is 0 Å². The fraction of sp³-hybridized carbons (Fsp3) is 0.182. The molecule has 0 unspecified atom stereocenters. The number of hydrogen-bond donors (Lipinski definition) is 1. The monoisotopic (exact) mass is 285 g/mol. The lowest BCUT2D eigenvalue weighted by molar-refractivity contribution is -0.118. The van der Waals surface area contributed by atoms with E-state index in [2.05, 4.69) is 33.1 Å². The van der Waals surface area contributed by atoms with Gasteiger partial charge < -0.3 is 5.32 Å². The summed E-state index contributed by atoms with van der Waals surface area (Å²) < 4.78 is 0.917. The fourth-order valence-electron chi connectivity index (χ4n) is 0.899. The standard InChI is InChI=1S/C11H9BrClNO/c1-8(15)14-6-2-3-9-4-5-10(12)7-11(9)13/h4-5,7H,6H2,1H3,(H,14,15). The van der Waals surface area contributed by atoms with Crippen LogP contribution in [0.25, 0.3) is 0 Å². The van der Waals surface area contributed by atoms with Crippen LogP contribution in [0.3, 0.4) is 0 Å². The number of amides is 1. The molecule has 1 N–H and O–H groups in total. The van der Waals surface area contributed by atoms with E-state index in [1.807, 2.05) is 12.1 Å². The van der Waals surface area contributed by atoms with E-state index in [1.54, 1.807) is 6.07 Å². The Morgan fingerprint density at radius 2 is 2.33 bits per heavy atom. The first-order valence-corrected chi connectivity index (χ1v) is 5.45. The van der Waals surface area contributed by atoms with E-state index in [9.17, 15) is 4.79 Å². The first kappa shape index (κ1) is 12.1. The van der Waals surface area contributed by atoms with Gasteiger partial charge in [0.05, 0.1) is 11.6 Å². The highest BCUT2D eigenvalue weighted by molar-refractivity contribution is 9.10. The van der Waals surface area contributed by atoms with E-state index in [-0.39, 0.29) is 5.91 Å². The van der Waals surface area contributed by atoms with Gasteiger partial charge in [-0.1, -0.05) is 39.4 Å².